The van der Waals surface area contributed by atoms with Gasteiger partial charge in [0.05, 0.1) is 5.37 Å². The fourth-order valence-corrected chi connectivity index (χ4v) is 0.691. The second-order valence-electron chi connectivity index (χ2n) is 1.35. The van der Waals surface area contributed by atoms with Gasteiger partial charge in [-0.15, -0.1) is 0 Å². The highest BCUT2D eigenvalue weighted by Gasteiger charge is 2.05. The normalized spacial score (nSPS) is 34.5. The summed E-state index contributed by atoms with van der Waals surface area (Å²) in [6.45, 7) is 1.90. The van der Waals surface area contributed by atoms with Crippen LogP contribution in [0, 0.1) is 0 Å². The number of hydrogen-bond acceptors (Lipinski definition) is 3. The first kappa shape index (κ1) is 4.43. The standard InChI is InChI=1S/C3H8N2S/c6-3-1-4-2-5-3/h3-6H,1-2H2. The molecule has 0 aliphatic carbocycles. The number of hydrogen-bond donors (Lipinski definition) is 3. The maximum atomic E-state index is 4.12. The summed E-state index contributed by atoms with van der Waals surface area (Å²) in [4.78, 5) is 0. The van der Waals surface area contributed by atoms with Gasteiger partial charge in [-0.05, 0) is 0 Å². The third kappa shape index (κ3) is 0.864. The largest absolute Gasteiger partial charge is 0.302 e. The maximum Gasteiger partial charge on any atom is 0.0639 e. The molecule has 1 rings (SSSR count). The molecule has 0 radical (unpaired) electrons. The van der Waals surface area contributed by atoms with Crippen LogP contribution in [0.2, 0.25) is 0 Å². The van der Waals surface area contributed by atoms with E-state index in [1.54, 1.807) is 0 Å². The average Bonchev–Trinajstić information content (AvgIpc) is 1.86. The van der Waals surface area contributed by atoms with Crippen molar-refractivity contribution in [3.05, 3.63) is 0 Å². The highest BCUT2D eigenvalue weighted by molar-refractivity contribution is 7.80. The minimum atomic E-state index is 0.380. The zero-order valence-electron chi connectivity index (χ0n) is 3.44. The van der Waals surface area contributed by atoms with E-state index in [4.69, 9.17) is 0 Å². The molecule has 0 aromatic rings. The molecule has 0 saturated carbocycles. The third-order valence-electron chi connectivity index (χ3n) is 0.800. The summed E-state index contributed by atoms with van der Waals surface area (Å²) >= 11 is 4.12. The smallest absolute Gasteiger partial charge is 0.0639 e. The lowest BCUT2D eigenvalue weighted by molar-refractivity contribution is 0.797. The van der Waals surface area contributed by atoms with Crippen molar-refractivity contribution >= 4 is 12.6 Å². The van der Waals surface area contributed by atoms with Crippen molar-refractivity contribution in [1.29, 1.82) is 0 Å². The van der Waals surface area contributed by atoms with Gasteiger partial charge < -0.3 is 5.32 Å². The molecule has 0 amide bonds. The Hall–Kier alpha value is 0.270. The minimum absolute atomic E-state index is 0.380. The summed E-state index contributed by atoms with van der Waals surface area (Å²) in [6, 6.07) is 0. The average molecular weight is 104 g/mol. The molecule has 0 spiro atoms. The number of thiol groups is 1. The second-order valence-corrected chi connectivity index (χ2v) is 1.97. The fourth-order valence-electron chi connectivity index (χ4n) is 0.471. The van der Waals surface area contributed by atoms with Crippen LogP contribution in [0.25, 0.3) is 0 Å². The van der Waals surface area contributed by atoms with Crippen LogP contribution in [0.1, 0.15) is 0 Å². The van der Waals surface area contributed by atoms with Gasteiger partial charge in [0.1, 0.15) is 0 Å². The fraction of sp³-hybridized carbons (Fsp3) is 1.00. The topological polar surface area (TPSA) is 24.1 Å². The van der Waals surface area contributed by atoms with Gasteiger partial charge >= 0.3 is 0 Å². The SMILES string of the molecule is SC1CNCN1. The van der Waals surface area contributed by atoms with Crippen LogP contribution in [-0.4, -0.2) is 18.6 Å². The molecular weight excluding hydrogens is 96.1 g/mol. The van der Waals surface area contributed by atoms with E-state index < -0.39 is 0 Å². The van der Waals surface area contributed by atoms with Gasteiger partial charge in [0.15, 0.2) is 0 Å². The van der Waals surface area contributed by atoms with Crippen molar-refractivity contribution in [2.75, 3.05) is 13.2 Å². The first-order chi connectivity index (χ1) is 2.89. The van der Waals surface area contributed by atoms with Gasteiger partial charge in [0, 0.05) is 13.2 Å². The van der Waals surface area contributed by atoms with Crippen molar-refractivity contribution in [2.45, 2.75) is 5.37 Å². The monoisotopic (exact) mass is 104 g/mol. The summed E-state index contributed by atoms with van der Waals surface area (Å²) in [7, 11) is 0. The lowest BCUT2D eigenvalue weighted by atomic mass is 10.7. The summed E-state index contributed by atoms with van der Waals surface area (Å²) in [5, 5.41) is 6.54. The Morgan fingerprint density at radius 2 is 2.50 bits per heavy atom. The first-order valence-corrected chi connectivity index (χ1v) is 2.53. The van der Waals surface area contributed by atoms with Crippen LogP contribution in [-0.2, 0) is 0 Å². The summed E-state index contributed by atoms with van der Waals surface area (Å²) < 4.78 is 0. The van der Waals surface area contributed by atoms with E-state index in [2.05, 4.69) is 23.3 Å². The van der Waals surface area contributed by atoms with Crippen LogP contribution in [0.3, 0.4) is 0 Å². The Morgan fingerprint density at radius 1 is 1.67 bits per heavy atom. The van der Waals surface area contributed by atoms with Crippen molar-refractivity contribution in [3.63, 3.8) is 0 Å². The minimum Gasteiger partial charge on any atom is -0.302 e. The van der Waals surface area contributed by atoms with E-state index in [1.807, 2.05) is 0 Å². The van der Waals surface area contributed by atoms with Gasteiger partial charge in [0.25, 0.3) is 0 Å². The van der Waals surface area contributed by atoms with E-state index >= 15 is 0 Å². The molecule has 6 heavy (non-hydrogen) atoms. The van der Waals surface area contributed by atoms with Gasteiger partial charge in [-0.2, -0.15) is 12.6 Å². The molecule has 1 unspecified atom stereocenters. The van der Waals surface area contributed by atoms with E-state index in [1.165, 1.54) is 0 Å². The van der Waals surface area contributed by atoms with Gasteiger partial charge in [-0.1, -0.05) is 0 Å². The Morgan fingerprint density at radius 3 is 2.67 bits per heavy atom. The molecule has 36 valence electrons. The molecule has 0 aromatic carbocycles. The molecule has 1 saturated heterocycles. The third-order valence-corrected chi connectivity index (χ3v) is 1.17. The molecular formula is C3H8N2S. The van der Waals surface area contributed by atoms with E-state index in [0.29, 0.717) is 5.37 Å². The molecule has 1 atom stereocenters. The lowest BCUT2D eigenvalue weighted by Gasteiger charge is -1.92. The molecule has 1 aliphatic heterocycles. The quantitative estimate of drug-likeness (QED) is 0.357. The highest BCUT2D eigenvalue weighted by Crippen LogP contribution is 1.89. The van der Waals surface area contributed by atoms with Crippen LogP contribution in [0.15, 0.2) is 0 Å². The predicted molar refractivity (Wildman–Crippen MR) is 28.8 cm³/mol. The zero-order chi connectivity index (χ0) is 4.41. The zero-order valence-corrected chi connectivity index (χ0v) is 4.33. The van der Waals surface area contributed by atoms with Crippen molar-refractivity contribution in [3.8, 4) is 0 Å². The van der Waals surface area contributed by atoms with Gasteiger partial charge in [-0.25, -0.2) is 0 Å². The molecule has 2 nitrogen and oxygen atoms in total. The van der Waals surface area contributed by atoms with Gasteiger partial charge in [-0.3, -0.25) is 5.32 Å². The summed E-state index contributed by atoms with van der Waals surface area (Å²) in [6.07, 6.45) is 0. The molecule has 1 aliphatic rings. The second kappa shape index (κ2) is 1.82. The molecule has 2 N–H and O–H groups in total. The Bertz CT molecular complexity index is 42.1. The van der Waals surface area contributed by atoms with Crippen LogP contribution in [0.4, 0.5) is 0 Å². The molecule has 0 aromatic heterocycles. The van der Waals surface area contributed by atoms with Gasteiger partial charge in [0.2, 0.25) is 0 Å². The van der Waals surface area contributed by atoms with Crippen LogP contribution in [0.5, 0.6) is 0 Å². The van der Waals surface area contributed by atoms with E-state index in [0.717, 1.165) is 13.2 Å². The molecule has 0 bridgehead atoms. The van der Waals surface area contributed by atoms with Crippen molar-refractivity contribution in [1.82, 2.24) is 10.6 Å². The summed E-state index contributed by atoms with van der Waals surface area (Å²) in [5.74, 6) is 0. The van der Waals surface area contributed by atoms with E-state index in [-0.39, 0.29) is 0 Å². The first-order valence-electron chi connectivity index (χ1n) is 2.02. The van der Waals surface area contributed by atoms with Crippen molar-refractivity contribution in [2.24, 2.45) is 0 Å². The van der Waals surface area contributed by atoms with E-state index in [9.17, 15) is 0 Å². The summed E-state index contributed by atoms with van der Waals surface area (Å²) in [5.41, 5.74) is 0. The highest BCUT2D eigenvalue weighted by atomic mass is 32.1. The Balaban J connectivity index is 2.18. The Labute approximate surface area is 42.7 Å². The number of nitrogens with one attached hydrogen (secondary N) is 2. The molecule has 1 heterocycles. The Kier molecular flexibility index (Phi) is 1.34. The van der Waals surface area contributed by atoms with Crippen molar-refractivity contribution < 1.29 is 0 Å². The molecule has 3 heteroatoms. The number of rotatable bonds is 0. The lowest BCUT2D eigenvalue weighted by Crippen LogP contribution is -2.15. The maximum absolute atomic E-state index is 4.12. The van der Waals surface area contributed by atoms with Crippen LogP contribution >= 0.6 is 12.6 Å². The molecule has 1 fully saturated rings. The predicted octanol–water partition coefficient (Wildman–Crippen LogP) is -0.607. The van der Waals surface area contributed by atoms with Crippen LogP contribution < -0.4 is 10.6 Å².